The molecule has 4 rings (SSSR count). The van der Waals surface area contributed by atoms with Gasteiger partial charge in [-0.15, -0.1) is 11.8 Å². The van der Waals surface area contributed by atoms with Crippen molar-refractivity contribution in [2.75, 3.05) is 7.11 Å². The number of fused-ring (bicyclic) bond motifs is 3. The molecule has 0 aliphatic carbocycles. The molecule has 1 aliphatic heterocycles. The SMILES string of the molecule is COc1cccc2nc3n(c12)C(c1c(F)cccc1Cl)SC3. The number of methoxy groups -OCH3 is 1. The monoisotopic (exact) mass is 334 g/mol. The van der Waals surface area contributed by atoms with Gasteiger partial charge in [-0.3, -0.25) is 0 Å². The van der Waals surface area contributed by atoms with Crippen molar-refractivity contribution in [3.63, 3.8) is 0 Å². The lowest BCUT2D eigenvalue weighted by Crippen LogP contribution is -2.07. The summed E-state index contributed by atoms with van der Waals surface area (Å²) in [5, 5.41) is 0.201. The fraction of sp³-hybridized carbons (Fsp3) is 0.188. The highest BCUT2D eigenvalue weighted by atomic mass is 35.5. The second-order valence-electron chi connectivity index (χ2n) is 5.02. The maximum atomic E-state index is 14.3. The number of aromatic nitrogens is 2. The Bertz CT molecular complexity index is 860. The van der Waals surface area contributed by atoms with Crippen LogP contribution in [0.3, 0.4) is 0 Å². The second kappa shape index (κ2) is 5.18. The number of nitrogens with zero attached hydrogens (tertiary/aromatic N) is 2. The highest BCUT2D eigenvalue weighted by molar-refractivity contribution is 7.99. The minimum Gasteiger partial charge on any atom is -0.494 e. The number of imidazole rings is 1. The van der Waals surface area contributed by atoms with Gasteiger partial charge in [0.05, 0.1) is 18.4 Å². The molecular formula is C16H12ClFN2OS. The first-order chi connectivity index (χ1) is 10.7. The lowest BCUT2D eigenvalue weighted by Gasteiger charge is -2.17. The lowest BCUT2D eigenvalue weighted by molar-refractivity contribution is 0.417. The van der Waals surface area contributed by atoms with Crippen molar-refractivity contribution in [3.8, 4) is 5.75 Å². The predicted octanol–water partition coefficient (Wildman–Crippen LogP) is 4.63. The van der Waals surface area contributed by atoms with Crippen LogP contribution in [0.5, 0.6) is 5.75 Å². The summed E-state index contributed by atoms with van der Waals surface area (Å²) in [4.78, 5) is 4.63. The van der Waals surface area contributed by atoms with Gasteiger partial charge >= 0.3 is 0 Å². The van der Waals surface area contributed by atoms with Crippen LogP contribution in [0.2, 0.25) is 5.02 Å². The zero-order valence-corrected chi connectivity index (χ0v) is 13.3. The summed E-state index contributed by atoms with van der Waals surface area (Å²) in [5.41, 5.74) is 2.24. The molecule has 2 aromatic carbocycles. The van der Waals surface area contributed by atoms with E-state index in [-0.39, 0.29) is 11.2 Å². The molecule has 3 aromatic rings. The van der Waals surface area contributed by atoms with Crippen LogP contribution >= 0.6 is 23.4 Å². The van der Waals surface area contributed by atoms with E-state index in [1.54, 1.807) is 31.0 Å². The van der Waals surface area contributed by atoms with E-state index in [1.807, 2.05) is 22.8 Å². The number of hydrogen-bond donors (Lipinski definition) is 0. The van der Waals surface area contributed by atoms with Gasteiger partial charge in [0.1, 0.15) is 28.3 Å². The Kier molecular flexibility index (Phi) is 3.27. The van der Waals surface area contributed by atoms with E-state index in [0.29, 0.717) is 16.3 Å². The third-order valence-electron chi connectivity index (χ3n) is 3.82. The van der Waals surface area contributed by atoms with Crippen LogP contribution in [-0.4, -0.2) is 16.7 Å². The molecule has 1 atom stereocenters. The molecule has 0 spiro atoms. The summed E-state index contributed by atoms with van der Waals surface area (Å²) in [6.45, 7) is 0. The van der Waals surface area contributed by atoms with Crippen LogP contribution in [0.4, 0.5) is 4.39 Å². The number of thioether (sulfide) groups is 1. The van der Waals surface area contributed by atoms with Gasteiger partial charge in [0, 0.05) is 10.6 Å². The Morgan fingerprint density at radius 1 is 1.32 bits per heavy atom. The summed E-state index contributed by atoms with van der Waals surface area (Å²) in [7, 11) is 1.63. The molecule has 1 aliphatic rings. The van der Waals surface area contributed by atoms with Gasteiger partial charge in [0.2, 0.25) is 0 Å². The van der Waals surface area contributed by atoms with E-state index in [4.69, 9.17) is 16.3 Å². The van der Waals surface area contributed by atoms with Crippen molar-refractivity contribution in [2.45, 2.75) is 11.1 Å². The van der Waals surface area contributed by atoms with Gasteiger partial charge in [-0.05, 0) is 24.3 Å². The van der Waals surface area contributed by atoms with E-state index in [9.17, 15) is 4.39 Å². The second-order valence-corrected chi connectivity index (χ2v) is 6.50. The van der Waals surface area contributed by atoms with Gasteiger partial charge in [-0.25, -0.2) is 9.37 Å². The zero-order chi connectivity index (χ0) is 15.3. The molecule has 0 radical (unpaired) electrons. The van der Waals surface area contributed by atoms with E-state index in [0.717, 1.165) is 22.6 Å². The van der Waals surface area contributed by atoms with Crippen LogP contribution in [-0.2, 0) is 5.75 Å². The van der Waals surface area contributed by atoms with Gasteiger partial charge < -0.3 is 9.30 Å². The van der Waals surface area contributed by atoms with Crippen LogP contribution < -0.4 is 4.74 Å². The molecule has 0 saturated heterocycles. The first-order valence-electron chi connectivity index (χ1n) is 6.80. The van der Waals surface area contributed by atoms with Crippen molar-refractivity contribution in [1.29, 1.82) is 0 Å². The topological polar surface area (TPSA) is 27.1 Å². The van der Waals surface area contributed by atoms with Gasteiger partial charge in [-0.2, -0.15) is 0 Å². The fourth-order valence-corrected chi connectivity index (χ4v) is 4.50. The maximum Gasteiger partial charge on any atom is 0.144 e. The number of ether oxygens (including phenoxy) is 1. The number of halogens is 2. The summed E-state index contributed by atoms with van der Waals surface area (Å²) < 4.78 is 21.8. The normalized spacial score (nSPS) is 17.0. The summed E-state index contributed by atoms with van der Waals surface area (Å²) in [6, 6.07) is 10.5. The molecule has 0 fully saturated rings. The number of para-hydroxylation sites is 1. The van der Waals surface area contributed by atoms with Crippen molar-refractivity contribution in [3.05, 3.63) is 58.6 Å². The Balaban J connectivity index is 1.99. The van der Waals surface area contributed by atoms with Gasteiger partial charge in [0.15, 0.2) is 0 Å². The third kappa shape index (κ3) is 1.92. The maximum absolute atomic E-state index is 14.3. The zero-order valence-electron chi connectivity index (χ0n) is 11.7. The molecule has 1 unspecified atom stereocenters. The molecule has 0 amide bonds. The molecule has 3 nitrogen and oxygen atoms in total. The molecule has 1 aromatic heterocycles. The Morgan fingerprint density at radius 2 is 2.14 bits per heavy atom. The molecule has 0 N–H and O–H groups in total. The highest BCUT2D eigenvalue weighted by Gasteiger charge is 2.32. The smallest absolute Gasteiger partial charge is 0.144 e. The van der Waals surface area contributed by atoms with Crippen LogP contribution in [0.25, 0.3) is 11.0 Å². The van der Waals surface area contributed by atoms with Crippen molar-refractivity contribution in [1.82, 2.24) is 9.55 Å². The van der Waals surface area contributed by atoms with Crippen molar-refractivity contribution in [2.24, 2.45) is 0 Å². The molecule has 2 heterocycles. The van der Waals surface area contributed by atoms with Crippen LogP contribution in [0.1, 0.15) is 16.8 Å². The average molecular weight is 335 g/mol. The predicted molar refractivity (Wildman–Crippen MR) is 87.1 cm³/mol. The highest BCUT2D eigenvalue weighted by Crippen LogP contribution is 2.47. The largest absolute Gasteiger partial charge is 0.494 e. The number of hydrogen-bond acceptors (Lipinski definition) is 3. The van der Waals surface area contributed by atoms with Crippen molar-refractivity contribution >= 4 is 34.4 Å². The minimum absolute atomic E-state index is 0.231. The molecule has 6 heteroatoms. The Morgan fingerprint density at radius 3 is 2.91 bits per heavy atom. The number of benzene rings is 2. The fourth-order valence-electron chi connectivity index (χ4n) is 2.87. The Labute approximate surface area is 136 Å². The summed E-state index contributed by atoms with van der Waals surface area (Å²) in [6.07, 6.45) is 0. The minimum atomic E-state index is -0.297. The third-order valence-corrected chi connectivity index (χ3v) is 5.33. The standard InChI is InChI=1S/C16H12ClFN2OS/c1-21-12-7-3-6-11-15(12)20-13(19-11)8-22-16(20)14-9(17)4-2-5-10(14)18/h2-7,16H,8H2,1H3. The van der Waals surface area contributed by atoms with E-state index < -0.39 is 0 Å². The van der Waals surface area contributed by atoms with Crippen LogP contribution in [0, 0.1) is 5.82 Å². The number of rotatable bonds is 2. The quantitative estimate of drug-likeness (QED) is 0.683. The van der Waals surface area contributed by atoms with Gasteiger partial charge in [0.25, 0.3) is 0 Å². The van der Waals surface area contributed by atoms with E-state index in [2.05, 4.69) is 4.98 Å². The first kappa shape index (κ1) is 13.9. The molecule has 22 heavy (non-hydrogen) atoms. The lowest BCUT2D eigenvalue weighted by atomic mass is 10.2. The van der Waals surface area contributed by atoms with E-state index in [1.165, 1.54) is 6.07 Å². The molecular weight excluding hydrogens is 323 g/mol. The molecule has 0 saturated carbocycles. The Hall–Kier alpha value is -1.72. The van der Waals surface area contributed by atoms with Crippen LogP contribution in [0.15, 0.2) is 36.4 Å². The first-order valence-corrected chi connectivity index (χ1v) is 8.22. The average Bonchev–Trinajstić information content (AvgIpc) is 3.06. The summed E-state index contributed by atoms with van der Waals surface area (Å²) >= 11 is 7.86. The van der Waals surface area contributed by atoms with Gasteiger partial charge in [-0.1, -0.05) is 23.7 Å². The summed E-state index contributed by atoms with van der Waals surface area (Å²) in [5.74, 6) is 2.06. The van der Waals surface area contributed by atoms with E-state index >= 15 is 0 Å². The van der Waals surface area contributed by atoms with Crippen molar-refractivity contribution < 1.29 is 9.13 Å². The molecule has 0 bridgehead atoms. The molecule has 112 valence electrons.